The SMILES string of the molecule is CCOc1ccc(C(F)(F)OC2CCC(/C=C/C3CCC(c4ccc(F)c(F)c4)CC3)CC2)cc1. The van der Waals surface area contributed by atoms with Crippen LogP contribution in [0.3, 0.4) is 0 Å². The predicted molar refractivity (Wildman–Crippen MR) is 129 cm³/mol. The molecule has 0 unspecified atom stereocenters. The van der Waals surface area contributed by atoms with Gasteiger partial charge in [-0.3, -0.25) is 0 Å². The van der Waals surface area contributed by atoms with E-state index >= 15 is 0 Å². The smallest absolute Gasteiger partial charge is 0.383 e. The van der Waals surface area contributed by atoms with Gasteiger partial charge in [-0.1, -0.05) is 18.2 Å². The van der Waals surface area contributed by atoms with E-state index < -0.39 is 23.8 Å². The first kappa shape index (κ1) is 25.7. The summed E-state index contributed by atoms with van der Waals surface area (Å²) >= 11 is 0. The van der Waals surface area contributed by atoms with Crippen LogP contribution in [-0.4, -0.2) is 12.7 Å². The fourth-order valence-electron chi connectivity index (χ4n) is 5.31. The Kier molecular flexibility index (Phi) is 8.53. The van der Waals surface area contributed by atoms with Crippen molar-refractivity contribution in [1.29, 1.82) is 0 Å². The Morgan fingerprint density at radius 2 is 1.40 bits per heavy atom. The molecule has 190 valence electrons. The molecule has 2 fully saturated rings. The van der Waals surface area contributed by atoms with E-state index in [-0.39, 0.29) is 11.5 Å². The van der Waals surface area contributed by atoms with Crippen LogP contribution in [0.25, 0.3) is 0 Å². The lowest BCUT2D eigenvalue weighted by Crippen LogP contribution is -2.29. The molecule has 2 aliphatic carbocycles. The molecule has 6 heteroatoms. The summed E-state index contributed by atoms with van der Waals surface area (Å²) in [6.45, 7) is 2.34. The summed E-state index contributed by atoms with van der Waals surface area (Å²) in [4.78, 5) is 0. The molecule has 2 aliphatic rings. The largest absolute Gasteiger partial charge is 0.494 e. The van der Waals surface area contributed by atoms with Gasteiger partial charge in [0.05, 0.1) is 18.3 Å². The third-order valence-corrected chi connectivity index (χ3v) is 7.38. The van der Waals surface area contributed by atoms with E-state index in [0.29, 0.717) is 37.0 Å². The Morgan fingerprint density at radius 3 is 1.97 bits per heavy atom. The van der Waals surface area contributed by atoms with Gasteiger partial charge in [0.15, 0.2) is 11.6 Å². The van der Waals surface area contributed by atoms with Crippen LogP contribution in [0.1, 0.15) is 75.3 Å². The van der Waals surface area contributed by atoms with Crippen molar-refractivity contribution in [2.45, 2.75) is 76.4 Å². The van der Waals surface area contributed by atoms with Gasteiger partial charge < -0.3 is 9.47 Å². The number of alkyl halides is 2. The minimum Gasteiger partial charge on any atom is -0.494 e. The molecule has 2 aromatic rings. The van der Waals surface area contributed by atoms with Crippen molar-refractivity contribution in [3.63, 3.8) is 0 Å². The zero-order valence-corrected chi connectivity index (χ0v) is 20.2. The Bertz CT molecular complexity index is 973. The lowest BCUT2D eigenvalue weighted by atomic mass is 9.78. The van der Waals surface area contributed by atoms with Crippen molar-refractivity contribution < 1.29 is 27.0 Å². The molecule has 0 amide bonds. The van der Waals surface area contributed by atoms with Crippen molar-refractivity contribution in [2.75, 3.05) is 6.61 Å². The highest BCUT2D eigenvalue weighted by Crippen LogP contribution is 2.39. The maximum absolute atomic E-state index is 14.6. The molecule has 0 radical (unpaired) electrons. The Morgan fingerprint density at radius 1 is 0.800 bits per heavy atom. The second-order valence-corrected chi connectivity index (χ2v) is 9.80. The highest BCUT2D eigenvalue weighted by molar-refractivity contribution is 5.29. The molecule has 2 aromatic carbocycles. The maximum Gasteiger partial charge on any atom is 0.383 e. The van der Waals surface area contributed by atoms with Crippen LogP contribution >= 0.6 is 0 Å². The van der Waals surface area contributed by atoms with E-state index in [1.54, 1.807) is 18.2 Å². The van der Waals surface area contributed by atoms with Gasteiger partial charge in [0, 0.05) is 0 Å². The summed E-state index contributed by atoms with van der Waals surface area (Å²) in [6.07, 6.45) is 7.63. The second-order valence-electron chi connectivity index (χ2n) is 9.80. The lowest BCUT2D eigenvalue weighted by molar-refractivity contribution is -0.277. The van der Waals surface area contributed by atoms with E-state index in [0.717, 1.165) is 44.1 Å². The molecular weight excluding hydrogens is 456 g/mol. The van der Waals surface area contributed by atoms with Crippen molar-refractivity contribution >= 4 is 0 Å². The summed E-state index contributed by atoms with van der Waals surface area (Å²) in [5.41, 5.74) is 0.730. The number of ether oxygens (including phenoxy) is 2. The number of allylic oxidation sites excluding steroid dienone is 2. The number of hydrogen-bond acceptors (Lipinski definition) is 2. The quantitative estimate of drug-likeness (QED) is 0.273. The van der Waals surface area contributed by atoms with Crippen LogP contribution < -0.4 is 4.74 Å². The Labute approximate surface area is 205 Å². The fourth-order valence-corrected chi connectivity index (χ4v) is 5.31. The van der Waals surface area contributed by atoms with Gasteiger partial charge in [-0.2, -0.15) is 8.78 Å². The van der Waals surface area contributed by atoms with Crippen molar-refractivity contribution in [3.8, 4) is 5.75 Å². The van der Waals surface area contributed by atoms with Gasteiger partial charge in [-0.25, -0.2) is 8.78 Å². The summed E-state index contributed by atoms with van der Waals surface area (Å²) in [6, 6.07) is 10.0. The molecule has 0 saturated heterocycles. The Hall–Kier alpha value is -2.34. The van der Waals surface area contributed by atoms with Crippen molar-refractivity contribution in [1.82, 2.24) is 0 Å². The van der Waals surface area contributed by atoms with E-state index in [4.69, 9.17) is 9.47 Å². The summed E-state index contributed by atoms with van der Waals surface area (Å²) in [5, 5.41) is 0. The van der Waals surface area contributed by atoms with Gasteiger partial charge in [0.1, 0.15) is 5.75 Å². The van der Waals surface area contributed by atoms with E-state index in [2.05, 4.69) is 12.2 Å². The van der Waals surface area contributed by atoms with Gasteiger partial charge in [-0.05, 0) is 118 Å². The van der Waals surface area contributed by atoms with Crippen LogP contribution in [-0.2, 0) is 10.8 Å². The average Bonchev–Trinajstić information content (AvgIpc) is 2.86. The standard InChI is InChI=1S/C29H34F4O2/c1-2-34-25-16-12-24(13-17-25)29(32,33)35-26-14-7-21(8-15-26)4-3-20-5-9-22(10-6-20)23-11-18-27(30)28(31)19-23/h3-4,11-13,16-22,26H,2,5-10,14-15H2,1H3/b4-3+. The lowest BCUT2D eigenvalue weighted by Gasteiger charge is -2.31. The topological polar surface area (TPSA) is 18.5 Å². The maximum atomic E-state index is 14.6. The first-order valence-corrected chi connectivity index (χ1v) is 12.8. The zero-order valence-electron chi connectivity index (χ0n) is 20.2. The van der Waals surface area contributed by atoms with Crippen LogP contribution in [0.4, 0.5) is 17.6 Å². The van der Waals surface area contributed by atoms with E-state index in [1.165, 1.54) is 24.3 Å². The molecule has 0 N–H and O–H groups in total. The molecule has 0 heterocycles. The molecule has 2 nitrogen and oxygen atoms in total. The summed E-state index contributed by atoms with van der Waals surface area (Å²) in [5.74, 6) is 0.135. The molecule has 35 heavy (non-hydrogen) atoms. The summed E-state index contributed by atoms with van der Waals surface area (Å²) < 4.78 is 66.5. The van der Waals surface area contributed by atoms with Crippen molar-refractivity contribution in [3.05, 3.63) is 77.4 Å². The number of rotatable bonds is 8. The van der Waals surface area contributed by atoms with Gasteiger partial charge in [0.2, 0.25) is 0 Å². The highest BCUT2D eigenvalue weighted by atomic mass is 19.3. The normalized spacial score (nSPS) is 25.6. The number of hydrogen-bond donors (Lipinski definition) is 0. The third-order valence-electron chi connectivity index (χ3n) is 7.38. The fraction of sp³-hybridized carbons (Fsp3) is 0.517. The molecule has 0 bridgehead atoms. The van der Waals surface area contributed by atoms with E-state index in [1.807, 2.05) is 6.92 Å². The molecule has 4 rings (SSSR count). The minimum absolute atomic E-state index is 0.151. The van der Waals surface area contributed by atoms with Crippen LogP contribution in [0, 0.1) is 23.5 Å². The highest BCUT2D eigenvalue weighted by Gasteiger charge is 2.37. The van der Waals surface area contributed by atoms with Crippen LogP contribution in [0.2, 0.25) is 0 Å². The molecule has 0 atom stereocenters. The monoisotopic (exact) mass is 490 g/mol. The Balaban J connectivity index is 1.20. The molecular formula is C29H34F4O2. The first-order valence-electron chi connectivity index (χ1n) is 12.8. The molecule has 0 spiro atoms. The molecule has 2 saturated carbocycles. The summed E-state index contributed by atoms with van der Waals surface area (Å²) in [7, 11) is 0. The first-order chi connectivity index (χ1) is 16.8. The second kappa shape index (κ2) is 11.6. The van der Waals surface area contributed by atoms with Crippen LogP contribution in [0.5, 0.6) is 5.75 Å². The van der Waals surface area contributed by atoms with Gasteiger partial charge in [-0.15, -0.1) is 0 Å². The average molecular weight is 491 g/mol. The molecule has 0 aromatic heterocycles. The number of halogens is 4. The van der Waals surface area contributed by atoms with E-state index in [9.17, 15) is 17.6 Å². The minimum atomic E-state index is -3.32. The number of benzene rings is 2. The van der Waals surface area contributed by atoms with Gasteiger partial charge >= 0.3 is 6.11 Å². The molecule has 0 aliphatic heterocycles. The van der Waals surface area contributed by atoms with Gasteiger partial charge in [0.25, 0.3) is 0 Å². The predicted octanol–water partition coefficient (Wildman–Crippen LogP) is 8.52. The van der Waals surface area contributed by atoms with Crippen LogP contribution in [0.15, 0.2) is 54.6 Å². The zero-order chi connectivity index (χ0) is 24.8. The van der Waals surface area contributed by atoms with Crippen molar-refractivity contribution in [2.24, 2.45) is 11.8 Å². The third kappa shape index (κ3) is 6.87.